The smallest absolute Gasteiger partial charge is 0.226 e. The van der Waals surface area contributed by atoms with Crippen LogP contribution in [-0.4, -0.2) is 33.7 Å². The number of halogens is 1. The van der Waals surface area contributed by atoms with Gasteiger partial charge in [-0.1, -0.05) is 6.07 Å². The second-order valence-electron chi connectivity index (χ2n) is 5.93. The van der Waals surface area contributed by atoms with Crippen LogP contribution in [0, 0.1) is 5.82 Å². The van der Waals surface area contributed by atoms with Crippen molar-refractivity contribution >= 4 is 0 Å². The van der Waals surface area contributed by atoms with Gasteiger partial charge in [0.15, 0.2) is 0 Å². The van der Waals surface area contributed by atoms with E-state index in [2.05, 4.69) is 9.88 Å². The predicted octanol–water partition coefficient (Wildman–Crippen LogP) is 2.83. The summed E-state index contributed by atoms with van der Waals surface area (Å²) in [6.45, 7) is 4.25. The van der Waals surface area contributed by atoms with E-state index in [0.717, 1.165) is 31.6 Å². The Hall–Kier alpha value is -1.72. The average Bonchev–Trinajstić information content (AvgIpc) is 2.90. The van der Waals surface area contributed by atoms with Crippen LogP contribution in [0.25, 0.3) is 11.5 Å². The van der Waals surface area contributed by atoms with Gasteiger partial charge in [0.25, 0.3) is 0 Å². The monoisotopic (exact) mass is 290 g/mol. The van der Waals surface area contributed by atoms with Crippen LogP contribution in [-0.2, 0) is 6.54 Å². The summed E-state index contributed by atoms with van der Waals surface area (Å²) in [5.74, 6) is 0.138. The summed E-state index contributed by atoms with van der Waals surface area (Å²) in [6.07, 6.45) is 3.15. The topological polar surface area (TPSA) is 49.5 Å². The zero-order chi connectivity index (χ0) is 14.9. The molecule has 2 aromatic rings. The fourth-order valence-corrected chi connectivity index (χ4v) is 2.56. The van der Waals surface area contributed by atoms with Gasteiger partial charge in [-0.3, -0.25) is 4.90 Å². The van der Waals surface area contributed by atoms with Crippen molar-refractivity contribution in [1.82, 2.24) is 9.88 Å². The first-order valence-corrected chi connectivity index (χ1v) is 7.17. The number of aliphatic hydroxyl groups is 1. The summed E-state index contributed by atoms with van der Waals surface area (Å²) in [5, 5.41) is 9.94. The average molecular weight is 290 g/mol. The summed E-state index contributed by atoms with van der Waals surface area (Å²) in [6, 6.07) is 6.22. The molecule has 0 unspecified atom stereocenters. The number of hydrogen-bond acceptors (Lipinski definition) is 4. The van der Waals surface area contributed by atoms with Crippen LogP contribution in [0.4, 0.5) is 4.39 Å². The van der Waals surface area contributed by atoms with Gasteiger partial charge < -0.3 is 9.52 Å². The van der Waals surface area contributed by atoms with Crippen LogP contribution in [0.1, 0.15) is 25.5 Å². The Morgan fingerprint density at radius 2 is 2.14 bits per heavy atom. The quantitative estimate of drug-likeness (QED) is 0.944. The van der Waals surface area contributed by atoms with Crippen LogP contribution in [0.15, 0.2) is 34.9 Å². The highest BCUT2D eigenvalue weighted by Crippen LogP contribution is 2.24. The van der Waals surface area contributed by atoms with E-state index in [4.69, 9.17) is 4.42 Å². The Balaban J connectivity index is 1.66. The highest BCUT2D eigenvalue weighted by atomic mass is 19.1. The zero-order valence-corrected chi connectivity index (χ0v) is 12.1. The maximum Gasteiger partial charge on any atom is 0.226 e. The van der Waals surface area contributed by atoms with Gasteiger partial charge in [0.2, 0.25) is 5.89 Å². The lowest BCUT2D eigenvalue weighted by atomic mass is 9.94. The van der Waals surface area contributed by atoms with E-state index in [1.54, 1.807) is 18.4 Å². The first kappa shape index (κ1) is 14.2. The first-order valence-electron chi connectivity index (χ1n) is 7.17. The lowest BCUT2D eigenvalue weighted by Gasteiger charge is -2.35. The summed E-state index contributed by atoms with van der Waals surface area (Å²) in [7, 11) is 0. The molecule has 112 valence electrons. The molecule has 4 nitrogen and oxygen atoms in total. The van der Waals surface area contributed by atoms with Crippen molar-refractivity contribution in [2.45, 2.75) is 31.9 Å². The van der Waals surface area contributed by atoms with E-state index in [0.29, 0.717) is 18.0 Å². The van der Waals surface area contributed by atoms with E-state index in [-0.39, 0.29) is 5.82 Å². The van der Waals surface area contributed by atoms with Crippen molar-refractivity contribution < 1.29 is 13.9 Å². The fourth-order valence-electron chi connectivity index (χ4n) is 2.56. The molecule has 1 N–H and O–H groups in total. The highest BCUT2D eigenvalue weighted by Gasteiger charge is 2.27. The predicted molar refractivity (Wildman–Crippen MR) is 77.0 cm³/mol. The van der Waals surface area contributed by atoms with Crippen molar-refractivity contribution in [1.29, 1.82) is 0 Å². The summed E-state index contributed by atoms with van der Waals surface area (Å²) in [4.78, 5) is 6.66. The Labute approximate surface area is 123 Å². The molecule has 0 bridgehead atoms. The molecule has 0 spiro atoms. The molecule has 1 aliphatic rings. The number of likely N-dealkylation sites (tertiary alicyclic amines) is 1. The molecule has 0 aliphatic carbocycles. The minimum Gasteiger partial charge on any atom is -0.444 e. The number of aromatic nitrogens is 1. The van der Waals surface area contributed by atoms with Gasteiger partial charge in [0.1, 0.15) is 12.1 Å². The van der Waals surface area contributed by atoms with Crippen molar-refractivity contribution in [2.24, 2.45) is 0 Å². The molecule has 1 aromatic carbocycles. The maximum atomic E-state index is 13.2. The molecular formula is C16H19FN2O2. The largest absolute Gasteiger partial charge is 0.444 e. The third kappa shape index (κ3) is 3.49. The Kier molecular flexibility index (Phi) is 3.78. The van der Waals surface area contributed by atoms with Gasteiger partial charge in [0.05, 0.1) is 11.3 Å². The van der Waals surface area contributed by atoms with Crippen molar-refractivity contribution in [2.75, 3.05) is 13.1 Å². The Morgan fingerprint density at radius 3 is 2.86 bits per heavy atom. The number of hydrogen-bond donors (Lipinski definition) is 1. The Bertz CT molecular complexity index is 614. The van der Waals surface area contributed by atoms with Gasteiger partial charge in [-0.2, -0.15) is 0 Å². The molecule has 0 radical (unpaired) electrons. The van der Waals surface area contributed by atoms with Gasteiger partial charge in [-0.05, 0) is 38.0 Å². The molecular weight excluding hydrogens is 271 g/mol. The van der Waals surface area contributed by atoms with Crippen LogP contribution >= 0.6 is 0 Å². The second kappa shape index (κ2) is 5.58. The summed E-state index contributed by atoms with van der Waals surface area (Å²) >= 11 is 0. The molecule has 5 heteroatoms. The van der Waals surface area contributed by atoms with Crippen LogP contribution in [0.2, 0.25) is 0 Å². The van der Waals surface area contributed by atoms with Crippen LogP contribution < -0.4 is 0 Å². The molecule has 3 rings (SSSR count). The number of oxazole rings is 1. The van der Waals surface area contributed by atoms with E-state index in [1.807, 2.05) is 6.92 Å². The SMILES string of the molecule is CC1(O)CCN(Cc2coc(-c3cccc(F)c3)n2)CC1. The molecule has 2 heterocycles. The van der Waals surface area contributed by atoms with Gasteiger partial charge >= 0.3 is 0 Å². The van der Waals surface area contributed by atoms with E-state index >= 15 is 0 Å². The van der Waals surface area contributed by atoms with E-state index < -0.39 is 5.60 Å². The molecule has 1 saturated heterocycles. The van der Waals surface area contributed by atoms with Crippen molar-refractivity contribution in [3.05, 3.63) is 42.0 Å². The maximum absolute atomic E-state index is 13.2. The highest BCUT2D eigenvalue weighted by molar-refractivity contribution is 5.52. The van der Waals surface area contributed by atoms with E-state index in [1.165, 1.54) is 12.1 Å². The lowest BCUT2D eigenvalue weighted by Crippen LogP contribution is -2.41. The number of piperidine rings is 1. The standard InChI is InChI=1S/C16H19FN2O2/c1-16(20)5-7-19(8-6-16)10-14-11-21-15(18-14)12-3-2-4-13(17)9-12/h2-4,9,11,20H,5-8,10H2,1H3. The first-order chi connectivity index (χ1) is 10.0. The van der Waals surface area contributed by atoms with Crippen LogP contribution in [0.5, 0.6) is 0 Å². The molecule has 21 heavy (non-hydrogen) atoms. The molecule has 1 aliphatic heterocycles. The molecule has 0 amide bonds. The number of benzene rings is 1. The molecule has 0 atom stereocenters. The van der Waals surface area contributed by atoms with Crippen molar-refractivity contribution in [3.63, 3.8) is 0 Å². The summed E-state index contributed by atoms with van der Waals surface area (Å²) < 4.78 is 18.6. The number of nitrogens with zero attached hydrogens (tertiary/aromatic N) is 2. The minimum absolute atomic E-state index is 0.300. The Morgan fingerprint density at radius 1 is 1.38 bits per heavy atom. The number of rotatable bonds is 3. The normalized spacial score (nSPS) is 18.8. The molecule has 1 aromatic heterocycles. The van der Waals surface area contributed by atoms with Gasteiger partial charge in [-0.15, -0.1) is 0 Å². The van der Waals surface area contributed by atoms with Gasteiger partial charge in [0, 0.05) is 25.2 Å². The van der Waals surface area contributed by atoms with Crippen molar-refractivity contribution in [3.8, 4) is 11.5 Å². The fraction of sp³-hybridized carbons (Fsp3) is 0.438. The third-order valence-electron chi connectivity index (χ3n) is 3.94. The summed E-state index contributed by atoms with van der Waals surface area (Å²) in [5.41, 5.74) is 0.922. The molecule has 0 saturated carbocycles. The van der Waals surface area contributed by atoms with E-state index in [9.17, 15) is 9.50 Å². The zero-order valence-electron chi connectivity index (χ0n) is 12.1. The third-order valence-corrected chi connectivity index (χ3v) is 3.94. The van der Waals surface area contributed by atoms with Gasteiger partial charge in [-0.25, -0.2) is 9.37 Å². The minimum atomic E-state index is -0.549. The molecule has 1 fully saturated rings. The van der Waals surface area contributed by atoms with Crippen LogP contribution in [0.3, 0.4) is 0 Å². The lowest BCUT2D eigenvalue weighted by molar-refractivity contribution is -0.00757. The second-order valence-corrected chi connectivity index (χ2v) is 5.93.